The van der Waals surface area contributed by atoms with Crippen molar-refractivity contribution in [1.82, 2.24) is 10.2 Å². The van der Waals surface area contributed by atoms with E-state index in [2.05, 4.69) is 5.32 Å². The topological polar surface area (TPSA) is 55.7 Å². The normalized spacial score (nSPS) is 28.3. The Balaban J connectivity index is 2.24. The van der Waals surface area contributed by atoms with Gasteiger partial charge in [0, 0.05) is 25.7 Å². The molecule has 0 radical (unpaired) electrons. The zero-order chi connectivity index (χ0) is 12.0. The van der Waals surface area contributed by atoms with Crippen molar-refractivity contribution in [3.8, 4) is 0 Å². The van der Waals surface area contributed by atoms with Crippen molar-refractivity contribution < 1.29 is 10.2 Å². The Hall–Kier alpha value is -0.160. The third kappa shape index (κ3) is 4.78. The molecule has 0 aromatic rings. The van der Waals surface area contributed by atoms with E-state index in [0.29, 0.717) is 25.0 Å². The number of nitrogens with one attached hydrogen (secondary N) is 1. The van der Waals surface area contributed by atoms with Crippen LogP contribution in [0.15, 0.2) is 0 Å². The molecule has 0 aromatic heterocycles. The summed E-state index contributed by atoms with van der Waals surface area (Å²) in [4.78, 5) is 1.98. The molecule has 0 amide bonds. The fourth-order valence-electron chi connectivity index (χ4n) is 2.47. The van der Waals surface area contributed by atoms with Gasteiger partial charge in [0.05, 0.1) is 6.10 Å². The van der Waals surface area contributed by atoms with Crippen LogP contribution >= 0.6 is 0 Å². The lowest BCUT2D eigenvalue weighted by atomic mass is 9.85. The Morgan fingerprint density at radius 3 is 2.62 bits per heavy atom. The van der Waals surface area contributed by atoms with Crippen molar-refractivity contribution >= 4 is 0 Å². The van der Waals surface area contributed by atoms with Crippen LogP contribution in [-0.2, 0) is 0 Å². The highest BCUT2D eigenvalue weighted by Crippen LogP contribution is 2.23. The predicted octanol–water partition coefficient (Wildman–Crippen LogP) is 0.0496. The van der Waals surface area contributed by atoms with Gasteiger partial charge in [-0.2, -0.15) is 0 Å². The quantitative estimate of drug-likeness (QED) is 0.603. The van der Waals surface area contributed by atoms with E-state index in [9.17, 15) is 10.2 Å². The van der Waals surface area contributed by atoms with E-state index in [-0.39, 0.29) is 12.7 Å². The molecule has 3 N–H and O–H groups in total. The van der Waals surface area contributed by atoms with Gasteiger partial charge < -0.3 is 20.4 Å². The molecule has 1 aliphatic carbocycles. The molecule has 0 saturated heterocycles. The zero-order valence-corrected chi connectivity index (χ0v) is 10.5. The fourth-order valence-corrected chi connectivity index (χ4v) is 2.47. The SMILES string of the molecule is CN(C)CC(O)CNC1CCCCC1CO. The first kappa shape index (κ1) is 13.9. The number of rotatable bonds is 6. The van der Waals surface area contributed by atoms with E-state index in [4.69, 9.17) is 0 Å². The van der Waals surface area contributed by atoms with Gasteiger partial charge >= 0.3 is 0 Å². The first-order valence-corrected chi connectivity index (χ1v) is 6.30. The maximum Gasteiger partial charge on any atom is 0.0791 e. The Morgan fingerprint density at radius 1 is 1.31 bits per heavy atom. The number of aliphatic hydroxyl groups is 2. The molecule has 0 spiro atoms. The van der Waals surface area contributed by atoms with Crippen LogP contribution < -0.4 is 5.32 Å². The minimum Gasteiger partial charge on any atom is -0.396 e. The van der Waals surface area contributed by atoms with Crippen molar-refractivity contribution in [2.45, 2.75) is 37.8 Å². The van der Waals surface area contributed by atoms with Crippen LogP contribution in [0.5, 0.6) is 0 Å². The van der Waals surface area contributed by atoms with Crippen LogP contribution in [0.4, 0.5) is 0 Å². The van der Waals surface area contributed by atoms with Crippen molar-refractivity contribution in [3.63, 3.8) is 0 Å². The van der Waals surface area contributed by atoms with Crippen molar-refractivity contribution in [2.75, 3.05) is 33.8 Å². The van der Waals surface area contributed by atoms with Crippen molar-refractivity contribution in [1.29, 1.82) is 0 Å². The number of hydrogen-bond acceptors (Lipinski definition) is 4. The van der Waals surface area contributed by atoms with Crippen LogP contribution in [0.25, 0.3) is 0 Å². The first-order chi connectivity index (χ1) is 7.63. The van der Waals surface area contributed by atoms with Gasteiger partial charge in [0.15, 0.2) is 0 Å². The second-order valence-corrected chi connectivity index (χ2v) is 5.16. The summed E-state index contributed by atoms with van der Waals surface area (Å²) in [5.41, 5.74) is 0. The molecule has 3 atom stereocenters. The van der Waals surface area contributed by atoms with Gasteiger partial charge in [-0.1, -0.05) is 12.8 Å². The zero-order valence-electron chi connectivity index (χ0n) is 10.5. The molecule has 1 fully saturated rings. The maximum absolute atomic E-state index is 9.74. The third-order valence-corrected chi connectivity index (χ3v) is 3.34. The summed E-state index contributed by atoms with van der Waals surface area (Å²) < 4.78 is 0. The Labute approximate surface area is 98.6 Å². The standard InChI is InChI=1S/C12H26N2O2/c1-14(2)8-11(16)7-13-12-6-4-3-5-10(12)9-15/h10-13,15-16H,3-9H2,1-2H3. The van der Waals surface area contributed by atoms with Crippen LogP contribution in [0, 0.1) is 5.92 Å². The average Bonchev–Trinajstić information content (AvgIpc) is 2.26. The molecule has 0 bridgehead atoms. The molecule has 1 rings (SSSR count). The van der Waals surface area contributed by atoms with Gasteiger partial charge in [-0.15, -0.1) is 0 Å². The molecule has 1 aliphatic rings. The summed E-state index contributed by atoms with van der Waals surface area (Å²) in [5, 5.41) is 22.4. The fraction of sp³-hybridized carbons (Fsp3) is 1.00. The minimum atomic E-state index is -0.323. The van der Waals surface area contributed by atoms with Crippen molar-refractivity contribution in [3.05, 3.63) is 0 Å². The lowest BCUT2D eigenvalue weighted by Gasteiger charge is -2.32. The van der Waals surface area contributed by atoms with Crippen molar-refractivity contribution in [2.24, 2.45) is 5.92 Å². The predicted molar refractivity (Wildman–Crippen MR) is 65.4 cm³/mol. The lowest BCUT2D eigenvalue weighted by Crippen LogP contribution is -2.45. The molecule has 0 aromatic carbocycles. The molecule has 0 aliphatic heterocycles. The number of hydrogen-bond donors (Lipinski definition) is 3. The molecule has 96 valence electrons. The average molecular weight is 230 g/mol. The monoisotopic (exact) mass is 230 g/mol. The van der Waals surface area contributed by atoms with Gasteiger partial charge in [0.1, 0.15) is 0 Å². The van der Waals surface area contributed by atoms with E-state index in [1.54, 1.807) is 0 Å². The summed E-state index contributed by atoms with van der Waals surface area (Å²) in [5.74, 6) is 0.375. The van der Waals surface area contributed by atoms with E-state index in [1.165, 1.54) is 12.8 Å². The van der Waals surface area contributed by atoms with Gasteiger partial charge in [0.25, 0.3) is 0 Å². The second kappa shape index (κ2) is 7.22. The maximum atomic E-state index is 9.74. The minimum absolute atomic E-state index is 0.265. The summed E-state index contributed by atoms with van der Waals surface area (Å²) in [6, 6.07) is 0.385. The van der Waals surface area contributed by atoms with Gasteiger partial charge in [-0.05, 0) is 32.9 Å². The van der Waals surface area contributed by atoms with E-state index in [1.807, 2.05) is 19.0 Å². The summed E-state index contributed by atoms with van der Waals surface area (Å²) in [6.07, 6.45) is 4.37. The molecular formula is C12H26N2O2. The Kier molecular flexibility index (Phi) is 6.28. The largest absolute Gasteiger partial charge is 0.396 e. The van der Waals surface area contributed by atoms with Crippen LogP contribution in [0.2, 0.25) is 0 Å². The molecule has 4 heteroatoms. The number of aliphatic hydroxyl groups excluding tert-OH is 2. The first-order valence-electron chi connectivity index (χ1n) is 6.30. The highest BCUT2D eigenvalue weighted by atomic mass is 16.3. The molecule has 4 nitrogen and oxygen atoms in total. The Morgan fingerprint density at radius 2 is 2.00 bits per heavy atom. The summed E-state index contributed by atoms with van der Waals surface area (Å²) in [6.45, 7) is 1.57. The molecule has 16 heavy (non-hydrogen) atoms. The van der Waals surface area contributed by atoms with Gasteiger partial charge in [-0.3, -0.25) is 0 Å². The van der Waals surface area contributed by atoms with Gasteiger partial charge in [0.2, 0.25) is 0 Å². The van der Waals surface area contributed by atoms with E-state index in [0.717, 1.165) is 12.8 Å². The van der Waals surface area contributed by atoms with Crippen LogP contribution in [0.1, 0.15) is 25.7 Å². The Bertz CT molecular complexity index is 188. The van der Waals surface area contributed by atoms with E-state index >= 15 is 0 Å². The smallest absolute Gasteiger partial charge is 0.0791 e. The molecular weight excluding hydrogens is 204 g/mol. The third-order valence-electron chi connectivity index (χ3n) is 3.34. The van der Waals surface area contributed by atoms with Crippen LogP contribution in [-0.4, -0.2) is 61.1 Å². The summed E-state index contributed by atoms with van der Waals surface area (Å²) in [7, 11) is 3.92. The number of likely N-dealkylation sites (N-methyl/N-ethyl adjacent to an activating group) is 1. The number of nitrogens with zero attached hydrogens (tertiary/aromatic N) is 1. The lowest BCUT2D eigenvalue weighted by molar-refractivity contribution is 0.110. The van der Waals surface area contributed by atoms with Crippen LogP contribution in [0.3, 0.4) is 0 Å². The second-order valence-electron chi connectivity index (χ2n) is 5.16. The molecule has 0 heterocycles. The highest BCUT2D eigenvalue weighted by Gasteiger charge is 2.24. The molecule has 3 unspecified atom stereocenters. The highest BCUT2D eigenvalue weighted by molar-refractivity contribution is 4.81. The van der Waals surface area contributed by atoms with Gasteiger partial charge in [-0.25, -0.2) is 0 Å². The summed E-state index contributed by atoms with van der Waals surface area (Å²) >= 11 is 0. The van der Waals surface area contributed by atoms with E-state index < -0.39 is 0 Å². The molecule has 1 saturated carbocycles.